The largest absolute Gasteiger partial charge is 0.555 e. The van der Waals surface area contributed by atoms with E-state index in [1.165, 1.54) is 0 Å². The van der Waals surface area contributed by atoms with E-state index < -0.39 is 35.6 Å². The summed E-state index contributed by atoms with van der Waals surface area (Å²) in [6, 6.07) is 2.64. The molecule has 1 aromatic carbocycles. The smallest absolute Gasteiger partial charge is 0.478 e. The summed E-state index contributed by atoms with van der Waals surface area (Å²) in [6.07, 6.45) is -3.61. The molecule has 20 heavy (non-hydrogen) atoms. The second-order valence-electron chi connectivity index (χ2n) is 3.11. The number of carbonyl (C=O) groups is 4. The summed E-state index contributed by atoms with van der Waals surface area (Å²) in [5, 5.41) is 25.6. The van der Waals surface area contributed by atoms with Gasteiger partial charge in [-0.2, -0.15) is 9.68 Å². The quantitative estimate of drug-likeness (QED) is 0.319. The van der Waals surface area contributed by atoms with Crippen LogP contribution in [0.3, 0.4) is 0 Å². The number of rotatable bonds is 3. The molecular weight excluding hydrogens is 280 g/mol. The van der Waals surface area contributed by atoms with Gasteiger partial charge in [0, 0.05) is 0 Å². The third-order valence-electron chi connectivity index (χ3n) is 1.83. The summed E-state index contributed by atoms with van der Waals surface area (Å²) in [7, 11) is 0. The molecule has 1 rings (SSSR count). The normalized spacial score (nSPS) is 9.40. The van der Waals surface area contributed by atoms with E-state index in [1.807, 2.05) is 0 Å². The first-order valence-corrected chi connectivity index (χ1v) is 4.71. The van der Waals surface area contributed by atoms with Crippen molar-refractivity contribution in [2.24, 2.45) is 0 Å². The van der Waals surface area contributed by atoms with Crippen molar-refractivity contribution in [2.75, 3.05) is 0 Å². The Morgan fingerprint density at radius 1 is 0.900 bits per heavy atom. The van der Waals surface area contributed by atoms with Crippen molar-refractivity contribution < 1.29 is 49.0 Å². The lowest BCUT2D eigenvalue weighted by Crippen LogP contribution is -2.15. The van der Waals surface area contributed by atoms with Crippen LogP contribution in [0.2, 0.25) is 0 Å². The van der Waals surface area contributed by atoms with Crippen molar-refractivity contribution in [3.8, 4) is 5.75 Å². The summed E-state index contributed by atoms with van der Waals surface area (Å²) in [5.74, 6) is -3.53. The van der Waals surface area contributed by atoms with Gasteiger partial charge in [0.05, 0.1) is 5.56 Å². The molecule has 0 bridgehead atoms. The Hall–Kier alpha value is -3.30. The van der Waals surface area contributed by atoms with Gasteiger partial charge in [-0.25, -0.2) is 19.3 Å². The minimum Gasteiger partial charge on any atom is -0.478 e. The van der Waals surface area contributed by atoms with Crippen molar-refractivity contribution in [1.29, 1.82) is 0 Å². The lowest BCUT2D eigenvalue weighted by Gasteiger charge is -2.06. The van der Waals surface area contributed by atoms with Gasteiger partial charge in [0.2, 0.25) is 0 Å². The number of benzene rings is 1. The van der Waals surface area contributed by atoms with Gasteiger partial charge >= 0.3 is 24.2 Å². The average Bonchev–Trinajstić information content (AvgIpc) is 2.35. The first kappa shape index (κ1) is 14.8. The summed E-state index contributed by atoms with van der Waals surface area (Å²) < 4.78 is 4.35. The van der Waals surface area contributed by atoms with Crippen molar-refractivity contribution in [1.82, 2.24) is 0 Å². The third-order valence-corrected chi connectivity index (χ3v) is 1.83. The number of carbonyl (C=O) groups excluding carboxylic acids is 1. The van der Waals surface area contributed by atoms with Crippen LogP contribution in [0.15, 0.2) is 18.2 Å². The van der Waals surface area contributed by atoms with E-state index in [9.17, 15) is 19.2 Å². The summed E-state index contributed by atoms with van der Waals surface area (Å²) >= 11 is 0. The van der Waals surface area contributed by atoms with E-state index in [2.05, 4.69) is 14.5 Å². The minimum absolute atomic E-state index is 0.350. The maximum absolute atomic E-state index is 11.0. The lowest BCUT2D eigenvalue weighted by molar-refractivity contribution is -0.205. The average molecular weight is 286 g/mol. The summed E-state index contributed by atoms with van der Waals surface area (Å²) in [6.45, 7) is 0. The zero-order valence-corrected chi connectivity index (χ0v) is 9.43. The molecule has 0 aromatic heterocycles. The Bertz CT molecular complexity index is 575. The van der Waals surface area contributed by atoms with Crippen LogP contribution in [0.1, 0.15) is 20.7 Å². The Morgan fingerprint density at radius 2 is 1.55 bits per heavy atom. The Morgan fingerprint density at radius 3 is 2.05 bits per heavy atom. The van der Waals surface area contributed by atoms with Crippen molar-refractivity contribution in [3.63, 3.8) is 0 Å². The molecular formula is C10H6O10. The summed E-state index contributed by atoms with van der Waals surface area (Å²) in [5.41, 5.74) is -0.876. The van der Waals surface area contributed by atoms with E-state index >= 15 is 0 Å². The van der Waals surface area contributed by atoms with Crippen molar-refractivity contribution >= 4 is 24.2 Å². The molecule has 0 saturated carbocycles. The standard InChI is InChI=1S/C10H6O10/c11-7(12)4-1-2-5(8(13)14)6(3-4)18-10(17)20-19-9(15)16/h1-3H,(H,11,12)(H,13,14)(H,15,16). The number of carboxylic acid groups (broad SMARTS) is 3. The molecule has 1 aromatic rings. The number of carboxylic acids is 2. The van der Waals surface area contributed by atoms with Crippen LogP contribution in [0.25, 0.3) is 0 Å². The maximum atomic E-state index is 11.0. The van der Waals surface area contributed by atoms with E-state index in [4.69, 9.17) is 15.3 Å². The van der Waals surface area contributed by atoms with E-state index in [1.54, 1.807) is 0 Å². The number of hydrogen-bond donors (Lipinski definition) is 3. The lowest BCUT2D eigenvalue weighted by atomic mass is 10.1. The van der Waals surface area contributed by atoms with Gasteiger partial charge in [0.25, 0.3) is 0 Å². The SMILES string of the molecule is O=C(O)OOC(=O)Oc1cc(C(=O)O)ccc1C(=O)O. The molecule has 106 valence electrons. The first-order valence-electron chi connectivity index (χ1n) is 4.71. The number of aromatic carboxylic acids is 2. The van der Waals surface area contributed by atoms with Gasteiger partial charge in [-0.05, 0) is 18.2 Å². The molecule has 0 aliphatic rings. The Labute approximate surface area is 109 Å². The van der Waals surface area contributed by atoms with Crippen molar-refractivity contribution in [2.45, 2.75) is 0 Å². The minimum atomic E-state index is -1.93. The molecule has 10 heteroatoms. The van der Waals surface area contributed by atoms with Gasteiger partial charge in [0.15, 0.2) is 0 Å². The maximum Gasteiger partial charge on any atom is 0.555 e. The van der Waals surface area contributed by atoms with Gasteiger partial charge in [-0.3, -0.25) is 0 Å². The molecule has 0 unspecified atom stereocenters. The predicted molar refractivity (Wildman–Crippen MR) is 56.6 cm³/mol. The van der Waals surface area contributed by atoms with E-state index in [-0.39, 0.29) is 5.56 Å². The fraction of sp³-hybridized carbons (Fsp3) is 0. The molecule has 0 radical (unpaired) electrons. The number of ether oxygens (including phenoxy) is 1. The molecule has 0 atom stereocenters. The molecule has 0 aliphatic carbocycles. The topological polar surface area (TPSA) is 157 Å². The highest BCUT2D eigenvalue weighted by Gasteiger charge is 2.19. The molecule has 0 heterocycles. The Balaban J connectivity index is 2.98. The fourth-order valence-corrected chi connectivity index (χ4v) is 1.09. The first-order chi connectivity index (χ1) is 9.31. The Kier molecular flexibility index (Phi) is 4.46. The molecule has 0 aliphatic heterocycles. The van der Waals surface area contributed by atoms with Gasteiger partial charge in [-0.15, -0.1) is 0 Å². The second kappa shape index (κ2) is 6.04. The van der Waals surface area contributed by atoms with Gasteiger partial charge < -0.3 is 20.1 Å². The predicted octanol–water partition coefficient (Wildman–Crippen LogP) is 1.21. The molecule has 10 nitrogen and oxygen atoms in total. The van der Waals surface area contributed by atoms with Crippen LogP contribution in [-0.2, 0) is 9.78 Å². The van der Waals surface area contributed by atoms with Crippen LogP contribution in [-0.4, -0.2) is 39.6 Å². The number of hydrogen-bond acceptors (Lipinski definition) is 7. The highest BCUT2D eigenvalue weighted by molar-refractivity contribution is 5.95. The van der Waals surface area contributed by atoms with Crippen molar-refractivity contribution in [3.05, 3.63) is 29.3 Å². The van der Waals surface area contributed by atoms with Crippen LogP contribution >= 0.6 is 0 Å². The fourth-order valence-electron chi connectivity index (χ4n) is 1.09. The molecule has 3 N–H and O–H groups in total. The molecule has 0 fully saturated rings. The van der Waals surface area contributed by atoms with Crippen LogP contribution in [0, 0.1) is 0 Å². The summed E-state index contributed by atoms with van der Waals surface area (Å²) in [4.78, 5) is 49.6. The van der Waals surface area contributed by atoms with E-state index in [0.717, 1.165) is 18.2 Å². The van der Waals surface area contributed by atoms with E-state index in [0.29, 0.717) is 0 Å². The second-order valence-corrected chi connectivity index (χ2v) is 3.11. The zero-order chi connectivity index (χ0) is 15.3. The molecule has 0 spiro atoms. The molecule has 0 saturated heterocycles. The highest BCUT2D eigenvalue weighted by Crippen LogP contribution is 2.21. The monoisotopic (exact) mass is 286 g/mol. The van der Waals surface area contributed by atoms with Crippen LogP contribution in [0.4, 0.5) is 9.59 Å². The highest BCUT2D eigenvalue weighted by atomic mass is 17.3. The van der Waals surface area contributed by atoms with Gasteiger partial charge in [-0.1, -0.05) is 0 Å². The third kappa shape index (κ3) is 3.87. The van der Waals surface area contributed by atoms with Crippen LogP contribution in [0.5, 0.6) is 5.75 Å². The molecule has 0 amide bonds. The zero-order valence-electron chi connectivity index (χ0n) is 9.43. The van der Waals surface area contributed by atoms with Gasteiger partial charge in [0.1, 0.15) is 11.3 Å². The van der Waals surface area contributed by atoms with Crippen LogP contribution < -0.4 is 4.74 Å².